The highest BCUT2D eigenvalue weighted by molar-refractivity contribution is 7.91. The van der Waals surface area contributed by atoms with Gasteiger partial charge in [0.05, 0.1) is 28.7 Å². The first kappa shape index (κ1) is 20.8. The van der Waals surface area contributed by atoms with Crippen molar-refractivity contribution < 1.29 is 12.8 Å². The van der Waals surface area contributed by atoms with Crippen LogP contribution in [0, 0.1) is 0 Å². The van der Waals surface area contributed by atoms with E-state index in [2.05, 4.69) is 25.5 Å². The lowest BCUT2D eigenvalue weighted by atomic mass is 10.1. The van der Waals surface area contributed by atoms with E-state index in [9.17, 15) is 8.42 Å². The molecule has 0 saturated carbocycles. The Labute approximate surface area is 180 Å². The Morgan fingerprint density at radius 1 is 0.871 bits per heavy atom. The molecule has 0 spiro atoms. The maximum atomic E-state index is 12.0. The molecule has 8 nitrogen and oxygen atoms in total. The molecule has 0 aliphatic carbocycles. The lowest BCUT2D eigenvalue weighted by Crippen LogP contribution is -2.04. The molecule has 4 rings (SSSR count). The molecule has 0 atom stereocenters. The number of aromatic nitrogens is 4. The summed E-state index contributed by atoms with van der Waals surface area (Å²) in [5, 5.41) is 11.3. The molecule has 31 heavy (non-hydrogen) atoms. The average Bonchev–Trinajstić information content (AvgIpc) is 3.30. The van der Waals surface area contributed by atoms with Crippen LogP contribution in [0.5, 0.6) is 0 Å². The Morgan fingerprint density at radius 2 is 1.52 bits per heavy atom. The van der Waals surface area contributed by atoms with Gasteiger partial charge < -0.3 is 9.73 Å². The molecule has 0 bridgehead atoms. The Balaban J connectivity index is 1.59. The zero-order valence-electron chi connectivity index (χ0n) is 17.1. The molecule has 2 aromatic carbocycles. The van der Waals surface area contributed by atoms with E-state index < -0.39 is 9.84 Å². The van der Waals surface area contributed by atoms with Crippen molar-refractivity contribution in [1.82, 2.24) is 25.5 Å². The van der Waals surface area contributed by atoms with Crippen molar-refractivity contribution in [3.05, 3.63) is 66.5 Å². The van der Waals surface area contributed by atoms with Gasteiger partial charge in [-0.1, -0.05) is 31.2 Å². The summed E-state index contributed by atoms with van der Waals surface area (Å²) in [6, 6.07) is 14.4. The van der Waals surface area contributed by atoms with Crippen LogP contribution in [-0.4, -0.2) is 41.4 Å². The summed E-state index contributed by atoms with van der Waals surface area (Å²) < 4.78 is 29.8. The number of benzene rings is 2. The van der Waals surface area contributed by atoms with Crippen LogP contribution >= 0.6 is 0 Å². The van der Waals surface area contributed by atoms with E-state index in [0.29, 0.717) is 17.3 Å². The quantitative estimate of drug-likeness (QED) is 0.470. The Hall–Kier alpha value is -3.43. The molecule has 2 heterocycles. The Bertz CT molecular complexity index is 1280. The fourth-order valence-electron chi connectivity index (χ4n) is 3.02. The summed E-state index contributed by atoms with van der Waals surface area (Å²) in [4.78, 5) is 9.06. The molecule has 0 aliphatic heterocycles. The fraction of sp³-hybridized carbons (Fsp3) is 0.182. The smallest absolute Gasteiger partial charge is 0.268 e. The van der Waals surface area contributed by atoms with E-state index in [1.807, 2.05) is 31.3 Å². The molecule has 0 amide bonds. The summed E-state index contributed by atoms with van der Waals surface area (Å²) in [6.07, 6.45) is 3.15. The zero-order chi connectivity index (χ0) is 21.8. The minimum absolute atomic E-state index is 0.0549. The SMILES string of the molecule is CCS(=O)(=O)c1ccc(-c2cncc(-c3nnc(-c4ccc(CNC)cc4)o3)n2)cc1. The van der Waals surface area contributed by atoms with Crippen LogP contribution in [0.4, 0.5) is 0 Å². The fourth-order valence-corrected chi connectivity index (χ4v) is 3.90. The van der Waals surface area contributed by atoms with Gasteiger partial charge >= 0.3 is 0 Å². The zero-order valence-corrected chi connectivity index (χ0v) is 17.9. The Morgan fingerprint density at radius 3 is 2.19 bits per heavy atom. The minimum Gasteiger partial charge on any atom is -0.415 e. The highest BCUT2D eigenvalue weighted by atomic mass is 32.2. The first-order valence-corrected chi connectivity index (χ1v) is 11.4. The lowest BCUT2D eigenvalue weighted by molar-refractivity contribution is 0.581. The van der Waals surface area contributed by atoms with Crippen LogP contribution in [0.15, 0.2) is 70.2 Å². The van der Waals surface area contributed by atoms with Crippen molar-refractivity contribution in [3.8, 4) is 34.3 Å². The molecule has 4 aromatic rings. The van der Waals surface area contributed by atoms with Gasteiger partial charge in [-0.05, 0) is 36.9 Å². The molecule has 9 heteroatoms. The topological polar surface area (TPSA) is 111 Å². The molecule has 0 fully saturated rings. The van der Waals surface area contributed by atoms with Crippen molar-refractivity contribution in [2.45, 2.75) is 18.4 Å². The molecule has 0 unspecified atom stereocenters. The molecular weight excluding hydrogens is 414 g/mol. The first-order chi connectivity index (χ1) is 15.0. The van der Waals surface area contributed by atoms with E-state index in [1.165, 1.54) is 0 Å². The minimum atomic E-state index is -3.25. The number of nitrogens with zero attached hydrogens (tertiary/aromatic N) is 4. The molecular formula is C22H21N5O3S. The first-order valence-electron chi connectivity index (χ1n) is 9.73. The van der Waals surface area contributed by atoms with Crippen molar-refractivity contribution >= 4 is 9.84 Å². The molecule has 1 N–H and O–H groups in total. The standard InChI is InChI=1S/C22H21N5O3S/c1-3-31(28,29)18-10-8-16(9-11-18)19-13-24-14-20(25-19)22-27-26-21(30-22)17-6-4-15(5-7-17)12-23-2/h4-11,13-14,23H,3,12H2,1-2H3. The lowest BCUT2D eigenvalue weighted by Gasteiger charge is -2.04. The third kappa shape index (κ3) is 4.52. The third-order valence-corrected chi connectivity index (χ3v) is 6.50. The van der Waals surface area contributed by atoms with Gasteiger partial charge in [-0.15, -0.1) is 10.2 Å². The molecule has 0 radical (unpaired) electrons. The van der Waals surface area contributed by atoms with Crippen molar-refractivity contribution in [2.75, 3.05) is 12.8 Å². The van der Waals surface area contributed by atoms with Crippen LogP contribution in [0.3, 0.4) is 0 Å². The highest BCUT2D eigenvalue weighted by Gasteiger charge is 2.15. The van der Waals surface area contributed by atoms with Gasteiger partial charge in [0.15, 0.2) is 9.84 Å². The molecule has 2 aromatic heterocycles. The molecule has 158 valence electrons. The normalized spacial score (nSPS) is 11.5. The number of hydrogen-bond acceptors (Lipinski definition) is 8. The van der Waals surface area contributed by atoms with Crippen molar-refractivity contribution in [1.29, 1.82) is 0 Å². The van der Waals surface area contributed by atoms with E-state index in [0.717, 1.165) is 23.2 Å². The Kier molecular flexibility index (Phi) is 5.88. The summed E-state index contributed by atoms with van der Waals surface area (Å²) in [6.45, 7) is 2.40. The molecule has 0 aliphatic rings. The second-order valence-electron chi connectivity index (χ2n) is 6.86. The van der Waals surface area contributed by atoms with Crippen LogP contribution in [0.25, 0.3) is 34.3 Å². The van der Waals surface area contributed by atoms with Crippen LogP contribution in [-0.2, 0) is 16.4 Å². The van der Waals surface area contributed by atoms with Gasteiger partial charge in [-0.25, -0.2) is 13.4 Å². The largest absolute Gasteiger partial charge is 0.415 e. The maximum absolute atomic E-state index is 12.0. The second kappa shape index (κ2) is 8.75. The number of nitrogens with one attached hydrogen (secondary N) is 1. The summed E-state index contributed by atoms with van der Waals surface area (Å²) in [5.41, 5.74) is 3.73. The van der Waals surface area contributed by atoms with Crippen LogP contribution in [0.2, 0.25) is 0 Å². The number of rotatable bonds is 7. The van der Waals surface area contributed by atoms with Crippen molar-refractivity contribution in [3.63, 3.8) is 0 Å². The van der Waals surface area contributed by atoms with Gasteiger partial charge in [0, 0.05) is 17.7 Å². The van der Waals surface area contributed by atoms with E-state index >= 15 is 0 Å². The predicted molar refractivity (Wildman–Crippen MR) is 117 cm³/mol. The van der Waals surface area contributed by atoms with Gasteiger partial charge in [0.2, 0.25) is 5.89 Å². The average molecular weight is 436 g/mol. The van der Waals surface area contributed by atoms with Gasteiger partial charge in [-0.2, -0.15) is 0 Å². The van der Waals surface area contributed by atoms with E-state index in [4.69, 9.17) is 4.42 Å². The highest BCUT2D eigenvalue weighted by Crippen LogP contribution is 2.25. The molecule has 0 saturated heterocycles. The van der Waals surface area contributed by atoms with E-state index in [-0.39, 0.29) is 16.5 Å². The maximum Gasteiger partial charge on any atom is 0.268 e. The predicted octanol–water partition coefficient (Wildman–Crippen LogP) is 3.37. The summed E-state index contributed by atoms with van der Waals surface area (Å²) in [7, 11) is -1.35. The van der Waals surface area contributed by atoms with E-state index in [1.54, 1.807) is 43.6 Å². The van der Waals surface area contributed by atoms with Gasteiger partial charge in [-0.3, -0.25) is 4.98 Å². The van der Waals surface area contributed by atoms with Gasteiger partial charge in [0.25, 0.3) is 5.89 Å². The van der Waals surface area contributed by atoms with Crippen LogP contribution in [0.1, 0.15) is 12.5 Å². The van der Waals surface area contributed by atoms with Gasteiger partial charge in [0.1, 0.15) is 5.69 Å². The third-order valence-electron chi connectivity index (χ3n) is 4.75. The summed E-state index contributed by atoms with van der Waals surface area (Å²) in [5.74, 6) is 0.709. The van der Waals surface area contributed by atoms with Crippen LogP contribution < -0.4 is 5.32 Å². The number of sulfone groups is 1. The second-order valence-corrected chi connectivity index (χ2v) is 9.14. The summed E-state index contributed by atoms with van der Waals surface area (Å²) >= 11 is 0. The number of hydrogen-bond donors (Lipinski definition) is 1. The monoisotopic (exact) mass is 435 g/mol. The van der Waals surface area contributed by atoms with Crippen molar-refractivity contribution in [2.24, 2.45) is 0 Å².